The van der Waals surface area contributed by atoms with E-state index < -0.39 is 0 Å². The molecule has 0 spiro atoms. The van der Waals surface area contributed by atoms with Crippen LogP contribution in [0, 0.1) is 0 Å². The van der Waals surface area contributed by atoms with Crippen molar-refractivity contribution in [1.29, 1.82) is 0 Å². The highest BCUT2D eigenvalue weighted by Crippen LogP contribution is 2.06. The highest BCUT2D eigenvalue weighted by Gasteiger charge is 1.78. The molecule has 0 amide bonds. The topological polar surface area (TPSA) is 0 Å². The zero-order valence-corrected chi connectivity index (χ0v) is 7.03. The Hall–Kier alpha value is 1.22. The molecule has 0 rings (SSSR count). The molecule has 0 fully saturated rings. The zero-order chi connectivity index (χ0) is 4.83. The average Bonchev–Trinajstić information content (AvgIpc) is 1.61. The van der Waals surface area contributed by atoms with Gasteiger partial charge in [-0.25, -0.2) is 0 Å². The van der Waals surface area contributed by atoms with Crippen LogP contribution in [0.15, 0.2) is 0 Å². The van der Waals surface area contributed by atoms with Gasteiger partial charge in [-0.1, -0.05) is 13.0 Å². The summed E-state index contributed by atoms with van der Waals surface area (Å²) in [5.41, 5.74) is 0. The SMILES string of the molecule is CCPC[B]I. The minimum atomic E-state index is 1.15. The number of halogens is 1. The lowest BCUT2D eigenvalue weighted by Gasteiger charge is -1.84. The van der Waals surface area contributed by atoms with Crippen LogP contribution in [-0.2, 0) is 0 Å². The maximum absolute atomic E-state index is 2.29. The molecular formula is C3H8BIP. The Balaban J connectivity index is 2.34. The molecule has 0 nitrogen and oxygen atoms in total. The molecule has 0 aliphatic rings. The lowest BCUT2D eigenvalue weighted by Crippen LogP contribution is -1.78. The lowest BCUT2D eigenvalue weighted by atomic mass is 10.2. The fourth-order valence-electron chi connectivity index (χ4n) is 0.199. The summed E-state index contributed by atoms with van der Waals surface area (Å²) in [6.45, 7) is 2.22. The van der Waals surface area contributed by atoms with E-state index in [9.17, 15) is 0 Å². The largest absolute Gasteiger partial charge is 0.204 e. The molecule has 0 aromatic heterocycles. The summed E-state index contributed by atoms with van der Waals surface area (Å²) in [4.78, 5) is 0. The van der Waals surface area contributed by atoms with Crippen molar-refractivity contribution in [2.45, 2.75) is 6.92 Å². The Morgan fingerprint density at radius 2 is 2.50 bits per heavy atom. The maximum Gasteiger partial charge on any atom is 0.204 e. The van der Waals surface area contributed by atoms with Crippen LogP contribution in [-0.4, -0.2) is 17.4 Å². The Morgan fingerprint density at radius 3 is 2.67 bits per heavy atom. The van der Waals surface area contributed by atoms with Crippen LogP contribution in [0.3, 0.4) is 0 Å². The molecule has 0 aromatic rings. The van der Waals surface area contributed by atoms with Gasteiger partial charge >= 0.3 is 0 Å². The molecule has 0 heterocycles. The molecule has 0 aliphatic carbocycles. The van der Waals surface area contributed by atoms with E-state index >= 15 is 0 Å². The van der Waals surface area contributed by atoms with Gasteiger partial charge in [0.1, 0.15) is 0 Å². The zero-order valence-electron chi connectivity index (χ0n) is 3.87. The van der Waals surface area contributed by atoms with E-state index in [0.29, 0.717) is 0 Å². The highest BCUT2D eigenvalue weighted by molar-refractivity contribution is 14.1. The van der Waals surface area contributed by atoms with Crippen molar-refractivity contribution in [2.24, 2.45) is 0 Å². The van der Waals surface area contributed by atoms with Crippen LogP contribution < -0.4 is 0 Å². The molecule has 1 radical (unpaired) electrons. The number of hydrogen-bond donors (Lipinski definition) is 0. The summed E-state index contributed by atoms with van der Waals surface area (Å²) in [6, 6.07) is 1.30. The van der Waals surface area contributed by atoms with Crippen molar-refractivity contribution in [3.05, 3.63) is 0 Å². The molecule has 1 atom stereocenters. The predicted octanol–water partition coefficient (Wildman–Crippen LogP) is 1.70. The van der Waals surface area contributed by atoms with Gasteiger partial charge in [0.15, 0.2) is 0 Å². The Bertz CT molecular complexity index is 22.8. The number of rotatable bonds is 3. The number of hydrogen-bond acceptors (Lipinski definition) is 0. The molecule has 3 heteroatoms. The minimum absolute atomic E-state index is 1.15. The van der Waals surface area contributed by atoms with E-state index in [1.165, 1.54) is 12.2 Å². The first-order valence-electron chi connectivity index (χ1n) is 2.04. The summed E-state index contributed by atoms with van der Waals surface area (Å²) in [5, 5.41) is 2.19. The van der Waals surface area contributed by atoms with E-state index in [0.717, 1.165) is 8.58 Å². The summed E-state index contributed by atoms with van der Waals surface area (Å²) in [5.74, 6) is 0. The van der Waals surface area contributed by atoms with Gasteiger partial charge in [0.25, 0.3) is 0 Å². The fraction of sp³-hybridized carbons (Fsp3) is 1.00. The van der Waals surface area contributed by atoms with Crippen LogP contribution in [0.4, 0.5) is 0 Å². The van der Waals surface area contributed by atoms with E-state index in [4.69, 9.17) is 0 Å². The summed E-state index contributed by atoms with van der Waals surface area (Å²) in [6.07, 6.45) is 1.35. The van der Waals surface area contributed by atoms with Gasteiger partial charge < -0.3 is 0 Å². The van der Waals surface area contributed by atoms with E-state index in [1.54, 1.807) is 0 Å². The van der Waals surface area contributed by atoms with Gasteiger partial charge in [-0.15, -0.1) is 8.58 Å². The summed E-state index contributed by atoms with van der Waals surface area (Å²) < 4.78 is 0. The van der Waals surface area contributed by atoms with Crippen LogP contribution in [0.5, 0.6) is 0 Å². The molecule has 35 valence electrons. The Morgan fingerprint density at radius 1 is 1.83 bits per heavy atom. The second-order valence-corrected chi connectivity index (χ2v) is 3.46. The molecule has 0 N–H and O–H groups in total. The van der Waals surface area contributed by atoms with Crippen LogP contribution >= 0.6 is 31.0 Å². The first-order valence-corrected chi connectivity index (χ1v) is 4.70. The first-order chi connectivity index (χ1) is 2.91. The van der Waals surface area contributed by atoms with Crippen molar-refractivity contribution in [2.75, 3.05) is 12.2 Å². The third-order valence-corrected chi connectivity index (χ3v) is 2.74. The van der Waals surface area contributed by atoms with Crippen LogP contribution in [0.2, 0.25) is 0 Å². The van der Waals surface area contributed by atoms with Gasteiger partial charge in [0.05, 0.1) is 0 Å². The van der Waals surface area contributed by atoms with E-state index in [2.05, 4.69) is 34.4 Å². The van der Waals surface area contributed by atoms with Gasteiger partial charge in [-0.2, -0.15) is 22.4 Å². The summed E-state index contributed by atoms with van der Waals surface area (Å²) >= 11 is 2.29. The molecule has 6 heavy (non-hydrogen) atoms. The van der Waals surface area contributed by atoms with Gasteiger partial charge in [-0.3, -0.25) is 0 Å². The normalized spacial score (nSPS) is 10.3. The maximum atomic E-state index is 2.29. The van der Waals surface area contributed by atoms with Crippen molar-refractivity contribution in [3.63, 3.8) is 0 Å². The molecule has 0 aromatic carbocycles. The molecule has 0 saturated heterocycles. The lowest BCUT2D eigenvalue weighted by molar-refractivity contribution is 1.51. The van der Waals surface area contributed by atoms with Gasteiger partial charge in [0.2, 0.25) is 5.14 Å². The second-order valence-electron chi connectivity index (χ2n) is 0.962. The Kier molecular flexibility index (Phi) is 7.50. The molecule has 1 unspecified atom stereocenters. The van der Waals surface area contributed by atoms with Gasteiger partial charge in [0, 0.05) is 0 Å². The standard InChI is InChI=1S/C3H8BIP/c1-2-6-3-4-5/h6H,2-3H2,1H3. The smallest absolute Gasteiger partial charge is 0.158 e. The third-order valence-electron chi connectivity index (χ3n) is 0.471. The van der Waals surface area contributed by atoms with Gasteiger partial charge in [-0.05, 0) is 6.16 Å². The van der Waals surface area contributed by atoms with E-state index in [1.807, 2.05) is 0 Å². The fourth-order valence-corrected chi connectivity index (χ4v) is 1.53. The molecular weight excluding hydrogens is 205 g/mol. The molecule has 0 saturated carbocycles. The quantitative estimate of drug-likeness (QED) is 0.289. The molecule has 0 aliphatic heterocycles. The van der Waals surface area contributed by atoms with Crippen molar-refractivity contribution in [1.82, 2.24) is 0 Å². The Labute approximate surface area is 55.4 Å². The predicted molar refractivity (Wildman–Crippen MR) is 43.5 cm³/mol. The van der Waals surface area contributed by atoms with Crippen molar-refractivity contribution >= 4 is 36.1 Å². The monoisotopic (exact) mass is 213 g/mol. The second kappa shape index (κ2) is 6.22. The third kappa shape index (κ3) is 5.22. The molecule has 0 bridgehead atoms. The average molecular weight is 213 g/mol. The van der Waals surface area contributed by atoms with Crippen LogP contribution in [0.25, 0.3) is 0 Å². The van der Waals surface area contributed by atoms with Crippen LogP contribution in [0.1, 0.15) is 6.92 Å². The van der Waals surface area contributed by atoms with Crippen molar-refractivity contribution < 1.29 is 0 Å². The minimum Gasteiger partial charge on any atom is -0.158 e. The van der Waals surface area contributed by atoms with E-state index in [-0.39, 0.29) is 0 Å². The first kappa shape index (κ1) is 7.22. The summed E-state index contributed by atoms with van der Waals surface area (Å²) in [7, 11) is 1.15. The highest BCUT2D eigenvalue weighted by atomic mass is 127. The van der Waals surface area contributed by atoms with Crippen molar-refractivity contribution in [3.8, 4) is 0 Å².